The lowest BCUT2D eigenvalue weighted by molar-refractivity contribution is 0.563. The molecule has 0 aliphatic heterocycles. The van der Waals surface area contributed by atoms with Crippen LogP contribution in [0.25, 0.3) is 0 Å². The summed E-state index contributed by atoms with van der Waals surface area (Å²) >= 11 is 6.92. The Labute approximate surface area is 96.9 Å². The van der Waals surface area contributed by atoms with E-state index >= 15 is 0 Å². The second-order valence-electron chi connectivity index (χ2n) is 2.63. The van der Waals surface area contributed by atoms with E-state index in [9.17, 15) is 8.60 Å². The molecule has 0 aromatic heterocycles. The topological polar surface area (TPSA) is 37.3 Å². The van der Waals surface area contributed by atoms with Crippen LogP contribution in [0.2, 0.25) is 5.02 Å². The molecule has 1 rings (SSSR count). The number of hydrogen-bond acceptors (Lipinski definition) is 1. The fourth-order valence-corrected chi connectivity index (χ4v) is 2.08. The molecule has 6 heteroatoms. The van der Waals surface area contributed by atoms with Crippen molar-refractivity contribution in [2.24, 2.45) is 0 Å². The minimum Gasteiger partial charge on any atom is -0.306 e. The molecule has 0 spiro atoms. The molecule has 1 atom stereocenters. The Morgan fingerprint density at radius 2 is 2.21 bits per heavy atom. The zero-order valence-electron chi connectivity index (χ0n) is 6.97. The predicted molar refractivity (Wildman–Crippen MR) is 58.5 cm³/mol. The third-order valence-corrected chi connectivity index (χ3v) is 3.15. The van der Waals surface area contributed by atoms with Crippen molar-refractivity contribution in [3.8, 4) is 0 Å². The summed E-state index contributed by atoms with van der Waals surface area (Å²) < 4.78 is 32.3. The quantitative estimate of drug-likeness (QED) is 0.688. The minimum atomic E-state index is -1.88. The van der Waals surface area contributed by atoms with Crippen molar-refractivity contribution in [2.45, 2.75) is 6.42 Å². The molecule has 2 nitrogen and oxygen atoms in total. The van der Waals surface area contributed by atoms with Gasteiger partial charge in [-0.25, -0.2) is 8.60 Å². The summed E-state index contributed by atoms with van der Waals surface area (Å²) in [7, 11) is 0. The highest BCUT2D eigenvalue weighted by molar-refractivity contribution is 9.10. The van der Waals surface area contributed by atoms with Gasteiger partial charge in [0.05, 0.1) is 10.2 Å². The summed E-state index contributed by atoms with van der Waals surface area (Å²) in [5.41, 5.74) is 0.537. The molecular formula is C8H7BrClFO2S. The van der Waals surface area contributed by atoms with Gasteiger partial charge in [0.1, 0.15) is 5.82 Å². The van der Waals surface area contributed by atoms with Gasteiger partial charge in [-0.15, -0.1) is 0 Å². The normalized spacial score (nSPS) is 12.9. The molecule has 0 saturated heterocycles. The van der Waals surface area contributed by atoms with E-state index in [1.807, 2.05) is 0 Å². The fraction of sp³-hybridized carbons (Fsp3) is 0.250. The van der Waals surface area contributed by atoms with Crippen molar-refractivity contribution in [1.29, 1.82) is 0 Å². The number of rotatable bonds is 3. The molecule has 78 valence electrons. The molecule has 14 heavy (non-hydrogen) atoms. The third kappa shape index (κ3) is 3.31. The Bertz CT molecular complexity index is 373. The number of aryl methyl sites for hydroxylation is 1. The van der Waals surface area contributed by atoms with Gasteiger partial charge in [-0.3, -0.25) is 0 Å². The van der Waals surface area contributed by atoms with Gasteiger partial charge in [-0.1, -0.05) is 11.6 Å². The SMILES string of the molecule is O=S(O)CCc1cc(F)c(Br)cc1Cl. The monoisotopic (exact) mass is 300 g/mol. The average Bonchev–Trinajstić information content (AvgIpc) is 2.09. The molecular weight excluding hydrogens is 295 g/mol. The van der Waals surface area contributed by atoms with Gasteiger partial charge in [-0.05, 0) is 40.0 Å². The summed E-state index contributed by atoms with van der Waals surface area (Å²) in [5, 5.41) is 0.392. The van der Waals surface area contributed by atoms with E-state index in [0.29, 0.717) is 10.6 Å². The van der Waals surface area contributed by atoms with Gasteiger partial charge < -0.3 is 4.55 Å². The maximum Gasteiger partial charge on any atom is 0.153 e. The predicted octanol–water partition coefficient (Wildman–Crippen LogP) is 3.01. The second-order valence-corrected chi connectivity index (χ2v) is 4.95. The van der Waals surface area contributed by atoms with E-state index in [1.54, 1.807) is 0 Å². The van der Waals surface area contributed by atoms with Crippen molar-refractivity contribution in [3.63, 3.8) is 0 Å². The van der Waals surface area contributed by atoms with Gasteiger partial charge in [0, 0.05) is 5.02 Å². The van der Waals surface area contributed by atoms with Crippen LogP contribution in [0.15, 0.2) is 16.6 Å². The van der Waals surface area contributed by atoms with Crippen molar-refractivity contribution in [2.75, 3.05) is 5.75 Å². The summed E-state index contributed by atoms with van der Waals surface area (Å²) in [6.07, 6.45) is 0.284. The van der Waals surface area contributed by atoms with Crippen LogP contribution >= 0.6 is 27.5 Å². The summed E-state index contributed by atoms with van der Waals surface area (Å²) in [5.74, 6) is -0.367. The first kappa shape index (κ1) is 12.1. The van der Waals surface area contributed by atoms with Gasteiger partial charge in [-0.2, -0.15) is 0 Å². The number of benzene rings is 1. The third-order valence-electron chi connectivity index (χ3n) is 1.64. The smallest absolute Gasteiger partial charge is 0.153 e. The van der Waals surface area contributed by atoms with Gasteiger partial charge >= 0.3 is 0 Å². The Hall–Kier alpha value is 0.0300. The molecule has 0 saturated carbocycles. The number of hydrogen-bond donors (Lipinski definition) is 1. The Balaban J connectivity index is 2.87. The summed E-state index contributed by atoms with van der Waals surface area (Å²) in [4.78, 5) is 0. The lowest BCUT2D eigenvalue weighted by Gasteiger charge is -2.04. The molecule has 0 bridgehead atoms. The van der Waals surface area contributed by atoms with Gasteiger partial charge in [0.25, 0.3) is 0 Å². The highest BCUT2D eigenvalue weighted by atomic mass is 79.9. The Morgan fingerprint density at radius 1 is 1.57 bits per heavy atom. The molecule has 0 heterocycles. The maximum atomic E-state index is 13.0. The van der Waals surface area contributed by atoms with Crippen molar-refractivity contribution in [3.05, 3.63) is 33.0 Å². The van der Waals surface area contributed by atoms with Crippen molar-refractivity contribution >= 4 is 38.6 Å². The summed E-state index contributed by atoms with van der Waals surface area (Å²) in [6, 6.07) is 2.70. The van der Waals surface area contributed by atoms with Crippen LogP contribution in [0.1, 0.15) is 5.56 Å². The van der Waals surface area contributed by atoms with Crippen LogP contribution < -0.4 is 0 Å². The molecule has 1 unspecified atom stereocenters. The van der Waals surface area contributed by atoms with Crippen LogP contribution in [-0.2, 0) is 17.5 Å². The van der Waals surface area contributed by atoms with Crippen LogP contribution in [0.5, 0.6) is 0 Å². The lowest BCUT2D eigenvalue weighted by Crippen LogP contribution is -2.00. The van der Waals surface area contributed by atoms with Crippen molar-refractivity contribution < 1.29 is 13.2 Å². The Morgan fingerprint density at radius 3 is 2.79 bits per heavy atom. The van der Waals surface area contributed by atoms with E-state index in [2.05, 4.69) is 15.9 Å². The fourth-order valence-electron chi connectivity index (χ4n) is 0.953. The van der Waals surface area contributed by atoms with Crippen LogP contribution in [0.3, 0.4) is 0 Å². The highest BCUT2D eigenvalue weighted by Gasteiger charge is 2.07. The maximum absolute atomic E-state index is 13.0. The second kappa shape index (κ2) is 5.21. The molecule has 1 aromatic rings. The standard InChI is InChI=1S/C8H7BrClFO2S/c9-6-4-7(10)5(3-8(6)11)1-2-14(12)13/h3-4H,1-2H2,(H,12,13). The number of halogens is 3. The summed E-state index contributed by atoms with van der Waals surface area (Å²) in [6.45, 7) is 0. The molecule has 0 radical (unpaired) electrons. The van der Waals surface area contributed by atoms with E-state index in [4.69, 9.17) is 16.2 Å². The molecule has 0 aliphatic rings. The molecule has 0 amide bonds. The molecule has 1 aromatic carbocycles. The van der Waals surface area contributed by atoms with E-state index in [-0.39, 0.29) is 16.6 Å². The molecule has 0 fully saturated rings. The minimum absolute atomic E-state index is 0.0563. The molecule has 1 N–H and O–H groups in total. The first-order chi connectivity index (χ1) is 6.50. The van der Waals surface area contributed by atoms with E-state index in [1.165, 1.54) is 12.1 Å². The highest BCUT2D eigenvalue weighted by Crippen LogP contribution is 2.25. The zero-order chi connectivity index (χ0) is 10.7. The largest absolute Gasteiger partial charge is 0.306 e. The average molecular weight is 302 g/mol. The first-order valence-electron chi connectivity index (χ1n) is 3.71. The van der Waals surface area contributed by atoms with Crippen LogP contribution in [0, 0.1) is 5.82 Å². The molecule has 0 aliphatic carbocycles. The van der Waals surface area contributed by atoms with Crippen LogP contribution in [-0.4, -0.2) is 14.5 Å². The Kier molecular flexibility index (Phi) is 4.50. The first-order valence-corrected chi connectivity index (χ1v) is 6.16. The van der Waals surface area contributed by atoms with E-state index in [0.717, 1.165) is 0 Å². The van der Waals surface area contributed by atoms with Crippen LogP contribution in [0.4, 0.5) is 4.39 Å². The van der Waals surface area contributed by atoms with Crippen molar-refractivity contribution in [1.82, 2.24) is 0 Å². The van der Waals surface area contributed by atoms with E-state index < -0.39 is 16.9 Å². The zero-order valence-corrected chi connectivity index (χ0v) is 10.1. The van der Waals surface area contributed by atoms with Gasteiger partial charge in [0.2, 0.25) is 0 Å². The lowest BCUT2D eigenvalue weighted by atomic mass is 10.2. The van der Waals surface area contributed by atoms with Gasteiger partial charge in [0.15, 0.2) is 11.1 Å².